The van der Waals surface area contributed by atoms with Crippen LogP contribution >= 0.6 is 0 Å². The number of rotatable bonds is 5. The van der Waals surface area contributed by atoms with Crippen molar-refractivity contribution in [1.29, 1.82) is 0 Å². The van der Waals surface area contributed by atoms with Gasteiger partial charge >= 0.3 is 0 Å². The average Bonchev–Trinajstić information content (AvgIpc) is 3.08. The highest BCUT2D eigenvalue weighted by atomic mass is 16.5. The number of benzene rings is 1. The van der Waals surface area contributed by atoms with Crippen LogP contribution in [0, 0.1) is 0 Å². The molecule has 0 fully saturated rings. The van der Waals surface area contributed by atoms with Crippen molar-refractivity contribution in [3.05, 3.63) is 66.6 Å². The molecule has 5 nitrogen and oxygen atoms in total. The zero-order valence-corrected chi connectivity index (χ0v) is 11.7. The number of anilines is 1. The molecule has 0 radical (unpaired) electrons. The number of aromatic nitrogens is 3. The molecule has 0 atom stereocenters. The Morgan fingerprint density at radius 1 is 1.14 bits per heavy atom. The van der Waals surface area contributed by atoms with E-state index in [-0.39, 0.29) is 0 Å². The van der Waals surface area contributed by atoms with Gasteiger partial charge < -0.3 is 10.1 Å². The van der Waals surface area contributed by atoms with Crippen molar-refractivity contribution < 1.29 is 4.74 Å². The molecular weight excluding hydrogens is 264 g/mol. The molecule has 106 valence electrons. The zero-order valence-electron chi connectivity index (χ0n) is 11.7. The highest BCUT2D eigenvalue weighted by Crippen LogP contribution is 2.15. The van der Waals surface area contributed by atoms with E-state index >= 15 is 0 Å². The van der Waals surface area contributed by atoms with Crippen LogP contribution in [0.4, 0.5) is 5.69 Å². The fourth-order valence-electron chi connectivity index (χ4n) is 2.04. The first kappa shape index (κ1) is 13.2. The maximum Gasteiger partial charge on any atom is 0.213 e. The van der Waals surface area contributed by atoms with E-state index in [1.54, 1.807) is 13.3 Å². The molecule has 2 aromatic heterocycles. The van der Waals surface area contributed by atoms with Gasteiger partial charge in [-0.1, -0.05) is 12.1 Å². The molecular formula is C16H16N4O. The van der Waals surface area contributed by atoms with Gasteiger partial charge in [-0.15, -0.1) is 0 Å². The first-order valence-corrected chi connectivity index (χ1v) is 6.69. The second-order valence-corrected chi connectivity index (χ2v) is 4.53. The highest BCUT2D eigenvalue weighted by Gasteiger charge is 2.00. The number of pyridine rings is 1. The molecule has 0 saturated carbocycles. The summed E-state index contributed by atoms with van der Waals surface area (Å²) in [6, 6.07) is 15.7. The Morgan fingerprint density at radius 3 is 2.86 bits per heavy atom. The summed E-state index contributed by atoms with van der Waals surface area (Å²) in [6.07, 6.45) is 3.68. The quantitative estimate of drug-likeness (QED) is 0.780. The maximum absolute atomic E-state index is 5.12. The lowest BCUT2D eigenvalue weighted by molar-refractivity contribution is 0.396. The van der Waals surface area contributed by atoms with E-state index < -0.39 is 0 Å². The summed E-state index contributed by atoms with van der Waals surface area (Å²) in [7, 11) is 1.62. The molecule has 0 aliphatic carbocycles. The molecule has 0 saturated heterocycles. The third kappa shape index (κ3) is 3.20. The number of nitrogens with zero attached hydrogens (tertiary/aromatic N) is 3. The van der Waals surface area contributed by atoms with Crippen molar-refractivity contribution in [2.45, 2.75) is 6.54 Å². The van der Waals surface area contributed by atoms with Crippen LogP contribution in [0.1, 0.15) is 5.69 Å². The first-order valence-electron chi connectivity index (χ1n) is 6.69. The summed E-state index contributed by atoms with van der Waals surface area (Å²) in [4.78, 5) is 4.38. The van der Waals surface area contributed by atoms with Gasteiger partial charge in [0.05, 0.1) is 25.0 Å². The topological polar surface area (TPSA) is 52.0 Å². The van der Waals surface area contributed by atoms with Gasteiger partial charge in [0.15, 0.2) is 0 Å². The van der Waals surface area contributed by atoms with Crippen LogP contribution in [0.5, 0.6) is 5.88 Å². The molecule has 0 bridgehead atoms. The Bertz CT molecular complexity index is 710. The molecule has 5 heteroatoms. The number of hydrogen-bond acceptors (Lipinski definition) is 4. The molecule has 0 aliphatic rings. The molecule has 0 unspecified atom stereocenters. The van der Waals surface area contributed by atoms with Crippen LogP contribution in [0.3, 0.4) is 0 Å². The Morgan fingerprint density at radius 2 is 2.05 bits per heavy atom. The summed E-state index contributed by atoms with van der Waals surface area (Å²) in [6.45, 7) is 0.639. The summed E-state index contributed by atoms with van der Waals surface area (Å²) in [5.41, 5.74) is 2.97. The van der Waals surface area contributed by atoms with E-state index in [1.807, 2.05) is 59.4 Å². The van der Waals surface area contributed by atoms with Crippen molar-refractivity contribution in [1.82, 2.24) is 14.8 Å². The lowest BCUT2D eigenvalue weighted by Crippen LogP contribution is -2.03. The Kier molecular flexibility index (Phi) is 3.82. The number of methoxy groups -OCH3 is 1. The SMILES string of the molecule is COc1cccc(CNc2cccc(-n3cccn3)c2)n1. The molecule has 1 N–H and O–H groups in total. The van der Waals surface area contributed by atoms with Crippen molar-refractivity contribution in [2.24, 2.45) is 0 Å². The van der Waals surface area contributed by atoms with Crippen LogP contribution < -0.4 is 10.1 Å². The van der Waals surface area contributed by atoms with E-state index in [4.69, 9.17) is 4.74 Å². The van der Waals surface area contributed by atoms with Crippen molar-refractivity contribution in [3.8, 4) is 11.6 Å². The smallest absolute Gasteiger partial charge is 0.213 e. The van der Waals surface area contributed by atoms with E-state index in [9.17, 15) is 0 Å². The minimum atomic E-state index is 0.625. The summed E-state index contributed by atoms with van der Waals surface area (Å²) in [5.74, 6) is 0.625. The van der Waals surface area contributed by atoms with Gasteiger partial charge in [-0.3, -0.25) is 0 Å². The lowest BCUT2D eigenvalue weighted by Gasteiger charge is -2.09. The fourth-order valence-corrected chi connectivity index (χ4v) is 2.04. The Hall–Kier alpha value is -2.82. The largest absolute Gasteiger partial charge is 0.481 e. The molecule has 2 heterocycles. The highest BCUT2D eigenvalue weighted by molar-refractivity contribution is 5.51. The van der Waals surface area contributed by atoms with E-state index in [1.165, 1.54) is 0 Å². The van der Waals surface area contributed by atoms with Crippen molar-refractivity contribution in [3.63, 3.8) is 0 Å². The first-order chi connectivity index (χ1) is 10.3. The third-order valence-corrected chi connectivity index (χ3v) is 3.08. The summed E-state index contributed by atoms with van der Waals surface area (Å²) < 4.78 is 6.95. The van der Waals surface area contributed by atoms with Gasteiger partial charge in [-0.05, 0) is 30.3 Å². The molecule has 3 rings (SSSR count). The van der Waals surface area contributed by atoms with E-state index in [0.717, 1.165) is 17.1 Å². The van der Waals surface area contributed by atoms with Crippen LogP contribution in [0.15, 0.2) is 60.9 Å². The van der Waals surface area contributed by atoms with Crippen LogP contribution in [-0.2, 0) is 6.54 Å². The van der Waals surface area contributed by atoms with E-state index in [2.05, 4.69) is 15.4 Å². The lowest BCUT2D eigenvalue weighted by atomic mass is 10.2. The van der Waals surface area contributed by atoms with Gasteiger partial charge in [0.2, 0.25) is 5.88 Å². The van der Waals surface area contributed by atoms with Gasteiger partial charge in [-0.25, -0.2) is 9.67 Å². The molecule has 0 amide bonds. The van der Waals surface area contributed by atoms with Gasteiger partial charge in [0, 0.05) is 24.1 Å². The molecule has 21 heavy (non-hydrogen) atoms. The normalized spacial score (nSPS) is 10.3. The Labute approximate surface area is 123 Å². The van der Waals surface area contributed by atoms with Crippen molar-refractivity contribution >= 4 is 5.69 Å². The van der Waals surface area contributed by atoms with E-state index in [0.29, 0.717) is 12.4 Å². The second-order valence-electron chi connectivity index (χ2n) is 4.53. The zero-order chi connectivity index (χ0) is 14.5. The summed E-state index contributed by atoms with van der Waals surface area (Å²) in [5, 5.41) is 7.58. The van der Waals surface area contributed by atoms with Gasteiger partial charge in [0.1, 0.15) is 0 Å². The number of ether oxygens (including phenoxy) is 1. The number of hydrogen-bond donors (Lipinski definition) is 1. The van der Waals surface area contributed by atoms with Crippen LogP contribution in [-0.4, -0.2) is 21.9 Å². The van der Waals surface area contributed by atoms with Crippen molar-refractivity contribution in [2.75, 3.05) is 12.4 Å². The minimum Gasteiger partial charge on any atom is -0.481 e. The van der Waals surface area contributed by atoms with Crippen LogP contribution in [0.2, 0.25) is 0 Å². The van der Waals surface area contributed by atoms with Gasteiger partial charge in [-0.2, -0.15) is 5.10 Å². The monoisotopic (exact) mass is 280 g/mol. The van der Waals surface area contributed by atoms with Crippen LogP contribution in [0.25, 0.3) is 5.69 Å². The van der Waals surface area contributed by atoms with Gasteiger partial charge in [0.25, 0.3) is 0 Å². The molecule has 1 aromatic carbocycles. The fraction of sp³-hybridized carbons (Fsp3) is 0.125. The predicted octanol–water partition coefficient (Wildman–Crippen LogP) is 2.89. The summed E-state index contributed by atoms with van der Waals surface area (Å²) >= 11 is 0. The average molecular weight is 280 g/mol. The molecule has 3 aromatic rings. The third-order valence-electron chi connectivity index (χ3n) is 3.08. The minimum absolute atomic E-state index is 0.625. The predicted molar refractivity (Wildman–Crippen MR) is 81.7 cm³/mol. The second kappa shape index (κ2) is 6.09. The standard InChI is InChI=1S/C16H16N4O/c1-21-16-8-3-6-14(19-16)12-17-13-5-2-7-15(11-13)20-10-4-9-18-20/h2-11,17H,12H2,1H3. The molecule has 0 spiro atoms. The molecule has 0 aliphatic heterocycles. The maximum atomic E-state index is 5.12. The number of nitrogens with one attached hydrogen (secondary N) is 1. The Balaban J connectivity index is 1.72.